The molecule has 99 heavy (non-hydrogen) atoms. The molecule has 0 aliphatic heterocycles. The van der Waals surface area contributed by atoms with Crippen LogP contribution in [0.5, 0.6) is 0 Å². The van der Waals surface area contributed by atoms with Gasteiger partial charge in [-0.3, -0.25) is 15.0 Å². The van der Waals surface area contributed by atoms with Crippen LogP contribution in [0.15, 0.2) is 190 Å². The quantitative estimate of drug-likeness (QED) is 0.0575. The van der Waals surface area contributed by atoms with Gasteiger partial charge in [0.15, 0.2) is 69.2 Å². The van der Waals surface area contributed by atoms with Gasteiger partial charge in [-0.1, -0.05) is 30.3 Å². The van der Waals surface area contributed by atoms with Crippen molar-refractivity contribution in [3.05, 3.63) is 220 Å². The largest absolute Gasteiger partial charge is 1.00 e. The number of furan rings is 5. The summed E-state index contributed by atoms with van der Waals surface area (Å²) in [4.78, 5) is 49.4. The number of anilines is 5. The molecule has 0 aliphatic rings. The molecule has 2 aromatic carbocycles. The molecule has 0 amide bonds. The summed E-state index contributed by atoms with van der Waals surface area (Å²) in [5.41, 5.74) is 34.8. The monoisotopic (exact) mass is 1500 g/mol. The topological polar surface area (TPSA) is 486 Å². The Hall–Kier alpha value is -12.5. The van der Waals surface area contributed by atoms with Crippen molar-refractivity contribution in [2.45, 2.75) is 34.6 Å². The first-order valence-corrected chi connectivity index (χ1v) is 30.1. The number of nitriles is 3. The van der Waals surface area contributed by atoms with Crippen molar-refractivity contribution in [3.63, 3.8) is 0 Å². The van der Waals surface area contributed by atoms with Crippen LogP contribution in [0.4, 0.5) is 29.1 Å². The number of hydrogen-bond acceptors (Lipinski definition) is 28. The van der Waals surface area contributed by atoms with Gasteiger partial charge in [0.1, 0.15) is 96.2 Å². The zero-order valence-electron chi connectivity index (χ0n) is 52.6. The average molecular weight is 1500 g/mol. The number of nitrogens with zero attached hydrogens (tertiary/aromatic N) is 16. The Labute approximate surface area is 591 Å². The number of fused-ring (bicyclic) bond motifs is 2. The molecule has 0 radical (unpaired) electrons. The van der Waals surface area contributed by atoms with E-state index in [2.05, 4.69) is 91.7 Å². The van der Waals surface area contributed by atoms with Crippen LogP contribution in [0, 0.1) is 80.4 Å². The Kier molecular flexibility index (Phi) is 25.9. The van der Waals surface area contributed by atoms with E-state index in [4.69, 9.17) is 83.2 Å². The molecule has 0 atom stereocenters. The molecule has 0 aliphatic carbocycles. The van der Waals surface area contributed by atoms with E-state index in [0.717, 1.165) is 56.2 Å². The number of hydrogen-bond donors (Lipinski definition) is 7. The van der Waals surface area contributed by atoms with Gasteiger partial charge in [0.25, 0.3) is 0 Å². The number of nitrogen functional groups attached to an aromatic ring is 5. The molecule has 12 N–H and O–H groups in total. The summed E-state index contributed by atoms with van der Waals surface area (Å²) in [6.45, 7) is 14.0. The molecule has 0 spiro atoms. The second kappa shape index (κ2) is 34.8. The van der Waals surface area contributed by atoms with Crippen molar-refractivity contribution in [2.75, 3.05) is 28.7 Å². The molecule has 0 fully saturated rings. The second-order valence-electron chi connectivity index (χ2n) is 20.1. The first-order valence-electron chi connectivity index (χ1n) is 28.5. The van der Waals surface area contributed by atoms with E-state index in [1.165, 1.54) is 12.4 Å². The van der Waals surface area contributed by atoms with Crippen molar-refractivity contribution in [3.8, 4) is 86.7 Å². The zero-order chi connectivity index (χ0) is 70.6. The van der Waals surface area contributed by atoms with Crippen LogP contribution in [0.25, 0.3) is 90.3 Å². The molecule has 12 aromatic heterocycles. The average Bonchev–Trinajstić information content (AvgIpc) is 1.62. The van der Waals surface area contributed by atoms with Crippen LogP contribution in [0.3, 0.4) is 0 Å². The molecule has 0 bridgehead atoms. The maximum Gasteiger partial charge on any atom is 1.00 e. The Bertz CT molecular complexity index is 5270. The summed E-state index contributed by atoms with van der Waals surface area (Å²) in [6, 6.07) is 42.4. The van der Waals surface area contributed by atoms with Gasteiger partial charge in [-0.2, -0.15) is 15.8 Å². The van der Waals surface area contributed by atoms with E-state index in [-0.39, 0.29) is 51.6 Å². The minimum Gasteiger partial charge on any atom is -0.512 e. The van der Waals surface area contributed by atoms with E-state index in [1.54, 1.807) is 55.1 Å². The molecule has 496 valence electrons. The maximum absolute atomic E-state index is 9.26. The summed E-state index contributed by atoms with van der Waals surface area (Å²) in [6.07, 6.45) is 9.65. The summed E-state index contributed by atoms with van der Waals surface area (Å²) < 4.78 is 28.2. The Morgan fingerprint density at radius 2 is 0.859 bits per heavy atom. The molecular formula is C67H53BBr2CuN21O7. The molecule has 12 heterocycles. The minimum atomic E-state index is -1.41. The van der Waals surface area contributed by atoms with Crippen molar-refractivity contribution in [1.82, 2.24) is 59.8 Å². The number of aromatic nitrogens is 12. The van der Waals surface area contributed by atoms with Crippen molar-refractivity contribution < 1.29 is 49.2 Å². The Morgan fingerprint density at radius 3 is 1.32 bits per heavy atom. The van der Waals surface area contributed by atoms with Gasteiger partial charge < -0.3 is 72.6 Å². The third-order valence-corrected chi connectivity index (χ3v) is 14.2. The van der Waals surface area contributed by atoms with Crippen LogP contribution >= 0.6 is 31.9 Å². The smallest absolute Gasteiger partial charge is 0.512 e. The molecular weight excluding hydrogens is 1450 g/mol. The molecule has 32 heteroatoms. The van der Waals surface area contributed by atoms with Gasteiger partial charge >= 0.3 is 24.2 Å². The van der Waals surface area contributed by atoms with Gasteiger partial charge in [0, 0.05) is 23.3 Å². The Balaban J connectivity index is 0.000000169. The number of pyridine rings is 2. The van der Waals surface area contributed by atoms with Gasteiger partial charge in [-0.25, -0.2) is 44.9 Å². The molecule has 28 nitrogen and oxygen atoms in total. The summed E-state index contributed by atoms with van der Waals surface area (Å²) >= 11 is 6.41. The van der Waals surface area contributed by atoms with E-state index >= 15 is 0 Å². The van der Waals surface area contributed by atoms with Crippen LogP contribution in [0.1, 0.15) is 45.9 Å². The van der Waals surface area contributed by atoms with Gasteiger partial charge in [0.2, 0.25) is 0 Å². The molecule has 0 saturated carbocycles. The predicted octanol–water partition coefficient (Wildman–Crippen LogP) is 11.5. The van der Waals surface area contributed by atoms with Crippen molar-refractivity contribution >= 4 is 95.3 Å². The zero-order valence-corrected chi connectivity index (χ0v) is 56.7. The van der Waals surface area contributed by atoms with E-state index in [0.29, 0.717) is 89.3 Å². The number of aryl methyl sites for hydroxylation is 5. The summed E-state index contributed by atoms with van der Waals surface area (Å²) in [7, 11) is -1.41. The third-order valence-electron chi connectivity index (χ3n) is 13.1. The standard InChI is InChI=1S/C19H13N5O.C10H7BrN4O.C10H8N4O.C9H8BNO2.C9H8BrN3O.C9H9N3O.CN.Cu/c1-11-4-7-16(25-11)18-17(23-15(10-20)19(21)24-18)13-5-6-14-12(9-13)3-2-8-22-14;1-5-2-3-7(16-5)8-9(11)14-6(4-12)10(13)15-8;1-6-2-3-9(15-6)8-5-13-7(4-11)10(12)14-8;12-10(13)8-3-4-9-7(6-8)2-1-5-11-9;1-5-2-3-7(14-5)6-4-12-8(10)9(11)13-6;1-6-2-3-8(13-6)7-4-11-5-9(10)12-7;1-2;/h2-9H,1H3,(H2,21,24);2-3H,1H3,(H2,13,15);2-3,5H,1H3,(H2,12,14);1-6,12-13H;2-4H,1H3,(H2,11,13);2-5H,1H3,(H2,10,12);;/q;;;;;;-1;+1. The summed E-state index contributed by atoms with van der Waals surface area (Å²) in [5, 5.41) is 52.6. The van der Waals surface area contributed by atoms with E-state index in [9.17, 15) is 5.26 Å². The minimum absolute atomic E-state index is 0. The van der Waals surface area contributed by atoms with Crippen molar-refractivity contribution in [2.24, 2.45) is 0 Å². The molecule has 0 saturated heterocycles. The van der Waals surface area contributed by atoms with Gasteiger partial charge in [-0.15, -0.1) is 0 Å². The summed E-state index contributed by atoms with van der Waals surface area (Å²) in [5.74, 6) is 8.12. The predicted molar refractivity (Wildman–Crippen MR) is 371 cm³/mol. The van der Waals surface area contributed by atoms with Crippen LogP contribution in [-0.2, 0) is 17.1 Å². The first kappa shape index (κ1) is 73.9. The molecule has 14 rings (SSSR count). The fraction of sp³-hybridized carbons (Fsp3) is 0.0746. The van der Waals surface area contributed by atoms with E-state index < -0.39 is 7.12 Å². The Morgan fingerprint density at radius 1 is 0.424 bits per heavy atom. The van der Waals surface area contributed by atoms with Crippen LogP contribution in [-0.4, -0.2) is 77.0 Å². The van der Waals surface area contributed by atoms with Crippen LogP contribution < -0.4 is 34.1 Å². The first-order chi connectivity index (χ1) is 47.2. The molecule has 0 unspecified atom stereocenters. The number of benzene rings is 2. The van der Waals surface area contributed by atoms with Gasteiger partial charge in [-0.05, 0) is 168 Å². The number of rotatable bonds is 7. The normalized spacial score (nSPS) is 10.0. The fourth-order valence-electron chi connectivity index (χ4n) is 8.50. The van der Waals surface area contributed by atoms with Gasteiger partial charge in [0.05, 0.1) is 35.8 Å². The van der Waals surface area contributed by atoms with Crippen LogP contribution in [0.2, 0.25) is 0 Å². The SMILES string of the molecule is Cc1ccc(-c2cnc(Br)c(N)n2)o1.Cc1ccc(-c2cnc(C#N)c(N)n2)o1.Cc1ccc(-c2cncc(N)n2)o1.Cc1ccc(-c2nc(N)c(C#N)nc2-c2ccc3ncccc3c2)o1.Cc1ccc(-c2nc(N)c(C#N)nc2Br)o1.OB(O)c1ccc2ncccc2c1.[C-]#N.[Cu+]. The second-order valence-corrected chi connectivity index (χ2v) is 21.6. The van der Waals surface area contributed by atoms with Crippen molar-refractivity contribution in [1.29, 1.82) is 21.0 Å². The molecule has 14 aromatic rings. The third kappa shape index (κ3) is 19.6. The number of halogens is 2. The van der Waals surface area contributed by atoms with E-state index in [1.807, 2.05) is 144 Å². The maximum atomic E-state index is 9.26. The number of nitrogens with two attached hydrogens (primary N) is 5. The fourth-order valence-corrected chi connectivity index (χ4v) is 9.16.